The number of hydrogen-bond acceptors (Lipinski definition) is 6. The van der Waals surface area contributed by atoms with Crippen LogP contribution in [-0.2, 0) is 19.1 Å². The zero-order valence-corrected chi connectivity index (χ0v) is 28.6. The molecule has 1 saturated heterocycles. The number of ether oxygens (including phenoxy) is 2. The molecule has 2 aliphatic heterocycles. The number of piperidine rings is 1. The molecule has 1 aliphatic carbocycles. The van der Waals surface area contributed by atoms with Gasteiger partial charge in [-0.15, -0.1) is 11.8 Å². The first kappa shape index (κ1) is 33.1. The van der Waals surface area contributed by atoms with Crippen molar-refractivity contribution in [2.45, 2.75) is 68.9 Å². The van der Waals surface area contributed by atoms with Crippen molar-refractivity contribution in [3.63, 3.8) is 0 Å². The first-order valence-corrected chi connectivity index (χ1v) is 17.6. The summed E-state index contributed by atoms with van der Waals surface area (Å²) in [6, 6.07) is 24.9. The minimum Gasteiger partial charge on any atom is -0.444 e. The van der Waals surface area contributed by atoms with Crippen LogP contribution in [-0.4, -0.2) is 73.6 Å². The first-order valence-electron chi connectivity index (χ1n) is 16.7. The SMILES string of the molecule is COCCCN1C(=O)CSc2ccc(N(C(=O)C3CN(C(=O)OC(C)(C)C)CCC3c3cccc(-c4ccccc4)c3)C3CC3)cc21. The van der Waals surface area contributed by atoms with E-state index in [-0.39, 0.29) is 36.4 Å². The van der Waals surface area contributed by atoms with Gasteiger partial charge in [0, 0.05) is 50.0 Å². The molecular weight excluding hydrogens is 611 g/mol. The number of benzene rings is 3. The van der Waals surface area contributed by atoms with Gasteiger partial charge in [0.25, 0.3) is 0 Å². The van der Waals surface area contributed by atoms with Crippen molar-refractivity contribution in [1.82, 2.24) is 4.90 Å². The molecule has 3 amide bonds. The standard InChI is InChI=1S/C38H45N3O5S/c1-38(2,3)46-37(44)39-20-18-31(28-13-8-12-27(22-28)26-10-6-5-7-11-26)32(24-39)36(43)41(29-14-15-29)30-16-17-34-33(23-30)40(19-9-21-45-4)35(42)25-47-34/h5-8,10-13,16-17,22-23,29,31-32H,9,14-15,18-21,24-25H2,1-4H3. The number of nitrogens with zero attached hydrogens (tertiary/aromatic N) is 3. The van der Waals surface area contributed by atoms with E-state index < -0.39 is 11.5 Å². The Morgan fingerprint density at radius 1 is 0.957 bits per heavy atom. The molecule has 3 aliphatic rings. The lowest BCUT2D eigenvalue weighted by Crippen LogP contribution is -2.51. The van der Waals surface area contributed by atoms with Gasteiger partial charge in [-0.2, -0.15) is 0 Å². The van der Waals surface area contributed by atoms with Gasteiger partial charge in [-0.1, -0.05) is 54.6 Å². The highest BCUT2D eigenvalue weighted by Gasteiger charge is 2.44. The summed E-state index contributed by atoms with van der Waals surface area (Å²) in [7, 11) is 1.67. The molecule has 6 rings (SSSR count). The zero-order chi connectivity index (χ0) is 33.1. The van der Waals surface area contributed by atoms with Crippen LogP contribution in [0.2, 0.25) is 0 Å². The quantitative estimate of drug-likeness (QED) is 0.224. The van der Waals surface area contributed by atoms with E-state index in [0.29, 0.717) is 31.9 Å². The predicted molar refractivity (Wildman–Crippen MR) is 187 cm³/mol. The van der Waals surface area contributed by atoms with Crippen molar-refractivity contribution < 1.29 is 23.9 Å². The lowest BCUT2D eigenvalue weighted by Gasteiger charge is -2.41. The van der Waals surface area contributed by atoms with Gasteiger partial charge in [-0.05, 0) is 87.3 Å². The third-order valence-corrected chi connectivity index (χ3v) is 10.1. The van der Waals surface area contributed by atoms with Crippen LogP contribution < -0.4 is 9.80 Å². The molecular formula is C38H45N3O5S. The maximum absolute atomic E-state index is 14.9. The van der Waals surface area contributed by atoms with Crippen molar-refractivity contribution in [3.8, 4) is 11.1 Å². The van der Waals surface area contributed by atoms with E-state index in [1.54, 1.807) is 23.8 Å². The van der Waals surface area contributed by atoms with Crippen LogP contribution in [0.5, 0.6) is 0 Å². The van der Waals surface area contributed by atoms with Crippen LogP contribution >= 0.6 is 11.8 Å². The molecule has 0 aromatic heterocycles. The van der Waals surface area contributed by atoms with E-state index in [2.05, 4.69) is 36.4 Å². The van der Waals surface area contributed by atoms with Gasteiger partial charge in [-0.25, -0.2) is 4.79 Å². The van der Waals surface area contributed by atoms with E-state index >= 15 is 0 Å². The fourth-order valence-electron chi connectivity index (χ4n) is 6.65. The molecule has 2 atom stereocenters. The molecule has 2 unspecified atom stereocenters. The van der Waals surface area contributed by atoms with Crippen molar-refractivity contribution in [2.75, 3.05) is 48.9 Å². The normalized spacial score (nSPS) is 19.7. The van der Waals surface area contributed by atoms with E-state index in [4.69, 9.17) is 9.47 Å². The van der Waals surface area contributed by atoms with Crippen LogP contribution in [0.15, 0.2) is 77.7 Å². The van der Waals surface area contributed by atoms with Gasteiger partial charge in [0.15, 0.2) is 0 Å². The number of thioether (sulfide) groups is 1. The van der Waals surface area contributed by atoms with Gasteiger partial charge in [-0.3, -0.25) is 9.59 Å². The Kier molecular flexibility index (Phi) is 9.94. The Balaban J connectivity index is 1.35. The Hall–Kier alpha value is -3.82. The first-order chi connectivity index (χ1) is 22.6. The largest absolute Gasteiger partial charge is 0.444 e. The molecule has 9 heteroatoms. The maximum Gasteiger partial charge on any atom is 0.410 e. The molecule has 0 radical (unpaired) electrons. The smallest absolute Gasteiger partial charge is 0.410 e. The molecule has 2 fully saturated rings. The second kappa shape index (κ2) is 14.1. The molecule has 3 aromatic rings. The van der Waals surface area contributed by atoms with E-state index in [1.165, 1.54) is 0 Å². The van der Waals surface area contributed by atoms with Crippen molar-refractivity contribution in [1.29, 1.82) is 0 Å². The van der Waals surface area contributed by atoms with Crippen LogP contribution in [0.4, 0.5) is 16.2 Å². The molecule has 1 saturated carbocycles. The monoisotopic (exact) mass is 655 g/mol. The zero-order valence-electron chi connectivity index (χ0n) is 27.8. The Morgan fingerprint density at radius 3 is 2.45 bits per heavy atom. The highest BCUT2D eigenvalue weighted by Crippen LogP contribution is 2.43. The summed E-state index contributed by atoms with van der Waals surface area (Å²) < 4.78 is 11.0. The van der Waals surface area contributed by atoms with Crippen molar-refractivity contribution in [2.24, 2.45) is 5.92 Å². The molecule has 8 nitrogen and oxygen atoms in total. The molecule has 0 N–H and O–H groups in total. The number of carbonyl (C=O) groups is 3. The topological polar surface area (TPSA) is 79.4 Å². The highest BCUT2D eigenvalue weighted by molar-refractivity contribution is 8.00. The number of amides is 3. The number of methoxy groups -OCH3 is 1. The maximum atomic E-state index is 14.9. The second-order valence-electron chi connectivity index (χ2n) is 13.7. The lowest BCUT2D eigenvalue weighted by atomic mass is 9.79. The summed E-state index contributed by atoms with van der Waals surface area (Å²) in [5, 5.41) is 0. The van der Waals surface area contributed by atoms with Crippen LogP contribution in [0.25, 0.3) is 11.1 Å². The number of carbonyl (C=O) groups excluding carboxylic acids is 3. The molecule has 3 aromatic carbocycles. The van der Waals surface area contributed by atoms with Crippen molar-refractivity contribution in [3.05, 3.63) is 78.4 Å². The lowest BCUT2D eigenvalue weighted by molar-refractivity contribution is -0.124. The minimum atomic E-state index is -0.634. The van der Waals surface area contributed by atoms with Gasteiger partial charge in [0.2, 0.25) is 11.8 Å². The summed E-state index contributed by atoms with van der Waals surface area (Å²) in [5.74, 6) is -0.0638. The summed E-state index contributed by atoms with van der Waals surface area (Å²) in [5.41, 5.74) is 4.35. The van der Waals surface area contributed by atoms with Gasteiger partial charge >= 0.3 is 6.09 Å². The van der Waals surface area contributed by atoms with Gasteiger partial charge in [0.05, 0.1) is 17.4 Å². The number of rotatable bonds is 9. The molecule has 0 bridgehead atoms. The molecule has 248 valence electrons. The molecule has 0 spiro atoms. The number of hydrogen-bond donors (Lipinski definition) is 0. The Bertz CT molecular complexity index is 1600. The average Bonchev–Trinajstić information content (AvgIpc) is 3.90. The van der Waals surface area contributed by atoms with E-state index in [1.807, 2.05) is 67.0 Å². The Labute approximate surface area is 282 Å². The summed E-state index contributed by atoms with van der Waals surface area (Å²) in [6.07, 6.45) is 2.83. The highest BCUT2D eigenvalue weighted by atomic mass is 32.2. The second-order valence-corrected chi connectivity index (χ2v) is 14.7. The Morgan fingerprint density at radius 2 is 1.72 bits per heavy atom. The number of anilines is 2. The van der Waals surface area contributed by atoms with Gasteiger partial charge < -0.3 is 24.2 Å². The summed E-state index contributed by atoms with van der Waals surface area (Å²) in [6.45, 7) is 7.51. The predicted octanol–water partition coefficient (Wildman–Crippen LogP) is 7.37. The fraction of sp³-hybridized carbons (Fsp3) is 0.447. The summed E-state index contributed by atoms with van der Waals surface area (Å²) in [4.78, 5) is 47.8. The third kappa shape index (κ3) is 7.68. The molecule has 2 heterocycles. The van der Waals surface area contributed by atoms with Crippen LogP contribution in [0.3, 0.4) is 0 Å². The molecule has 47 heavy (non-hydrogen) atoms. The number of likely N-dealkylation sites (tertiary alicyclic amines) is 1. The fourth-order valence-corrected chi connectivity index (χ4v) is 7.57. The van der Waals surface area contributed by atoms with Crippen LogP contribution in [0, 0.1) is 5.92 Å². The average molecular weight is 656 g/mol. The number of fused-ring (bicyclic) bond motifs is 1. The summed E-state index contributed by atoms with van der Waals surface area (Å²) >= 11 is 1.54. The third-order valence-electron chi connectivity index (χ3n) is 9.05. The van der Waals surface area contributed by atoms with E-state index in [9.17, 15) is 14.4 Å². The van der Waals surface area contributed by atoms with Crippen LogP contribution in [0.1, 0.15) is 57.9 Å². The van der Waals surface area contributed by atoms with Crippen molar-refractivity contribution >= 4 is 41.0 Å². The van der Waals surface area contributed by atoms with Gasteiger partial charge in [0.1, 0.15) is 5.60 Å². The van der Waals surface area contributed by atoms with E-state index in [0.717, 1.165) is 52.2 Å². The minimum absolute atomic E-state index is 0.0107.